The lowest BCUT2D eigenvalue weighted by molar-refractivity contribution is -0.137. The Kier molecular flexibility index (Phi) is 5.62. The molecule has 0 aliphatic heterocycles. The summed E-state index contributed by atoms with van der Waals surface area (Å²) in [5.74, 6) is 0.255. The van der Waals surface area contributed by atoms with Crippen LogP contribution >= 0.6 is 0 Å². The molecular formula is C22H17F3N2O. The van der Waals surface area contributed by atoms with Gasteiger partial charge in [0.05, 0.1) is 5.56 Å². The first-order chi connectivity index (χ1) is 13.3. The summed E-state index contributed by atoms with van der Waals surface area (Å²) in [7, 11) is 0. The molecule has 0 saturated carbocycles. The summed E-state index contributed by atoms with van der Waals surface area (Å²) >= 11 is 0. The number of alkyl halides is 3. The number of aromatic nitrogens is 1. The molecule has 1 aromatic heterocycles. The Balaban J connectivity index is 1.77. The van der Waals surface area contributed by atoms with Gasteiger partial charge in [-0.15, -0.1) is 5.73 Å². The number of hydrogen-bond acceptors (Lipinski definition) is 3. The predicted octanol–water partition coefficient (Wildman–Crippen LogP) is 6.43. The average Bonchev–Trinajstić information content (AvgIpc) is 2.89. The lowest BCUT2D eigenvalue weighted by Crippen LogP contribution is -2.03. The van der Waals surface area contributed by atoms with E-state index in [0.29, 0.717) is 11.2 Å². The number of hydrogen-bond donors (Lipinski definition) is 0. The van der Waals surface area contributed by atoms with Crippen molar-refractivity contribution < 1.29 is 17.6 Å². The number of halogens is 3. The third-order valence-corrected chi connectivity index (χ3v) is 3.98. The minimum absolute atomic E-state index is 0.165. The van der Waals surface area contributed by atoms with E-state index < -0.39 is 11.7 Å². The van der Waals surface area contributed by atoms with E-state index in [1.165, 1.54) is 6.07 Å². The quantitative estimate of drug-likeness (QED) is 0.451. The van der Waals surface area contributed by atoms with Gasteiger partial charge < -0.3 is 4.42 Å². The zero-order valence-electron chi connectivity index (χ0n) is 15.3. The molecule has 0 spiro atoms. The highest BCUT2D eigenvalue weighted by Crippen LogP contribution is 2.32. The Labute approximate surface area is 160 Å². The highest BCUT2D eigenvalue weighted by Gasteiger charge is 2.31. The highest BCUT2D eigenvalue weighted by atomic mass is 19.4. The molecular weight excluding hydrogens is 365 g/mol. The fourth-order valence-corrected chi connectivity index (χ4v) is 2.43. The second-order valence-corrected chi connectivity index (χ2v) is 6.13. The SMILES string of the molecule is C\C(=C/N=C\C=C(/C)c1nc2cc(C(F)(F)F)ccc2o1)C1=C=CC=CC=C1. The molecule has 0 N–H and O–H groups in total. The molecule has 0 atom stereocenters. The lowest BCUT2D eigenvalue weighted by atomic mass is 10.1. The third-order valence-electron chi connectivity index (χ3n) is 3.98. The van der Waals surface area contributed by atoms with Gasteiger partial charge in [-0.05, 0) is 55.8 Å². The van der Waals surface area contributed by atoms with Gasteiger partial charge in [0.1, 0.15) is 5.52 Å². The highest BCUT2D eigenvalue weighted by molar-refractivity contribution is 5.84. The van der Waals surface area contributed by atoms with Gasteiger partial charge in [-0.25, -0.2) is 4.98 Å². The molecule has 1 heterocycles. The summed E-state index contributed by atoms with van der Waals surface area (Å²) in [5.41, 5.74) is 5.38. The average molecular weight is 382 g/mol. The van der Waals surface area contributed by atoms with Crippen molar-refractivity contribution in [1.29, 1.82) is 0 Å². The number of benzene rings is 1. The Morgan fingerprint density at radius 2 is 1.96 bits per heavy atom. The van der Waals surface area contributed by atoms with Crippen LogP contribution in [-0.2, 0) is 6.18 Å². The lowest BCUT2D eigenvalue weighted by Gasteiger charge is -2.04. The zero-order valence-corrected chi connectivity index (χ0v) is 15.3. The minimum Gasteiger partial charge on any atom is -0.436 e. The monoisotopic (exact) mass is 382 g/mol. The number of nitrogens with zero attached hydrogens (tertiary/aromatic N) is 2. The van der Waals surface area contributed by atoms with Gasteiger partial charge in [-0.2, -0.15) is 13.2 Å². The van der Waals surface area contributed by atoms with Crippen LogP contribution in [-0.4, -0.2) is 11.2 Å². The molecule has 3 nitrogen and oxygen atoms in total. The van der Waals surface area contributed by atoms with Crippen LogP contribution in [0.1, 0.15) is 25.3 Å². The predicted molar refractivity (Wildman–Crippen MR) is 105 cm³/mol. The summed E-state index contributed by atoms with van der Waals surface area (Å²) in [5, 5.41) is 0. The zero-order chi connectivity index (χ0) is 20.1. The van der Waals surface area contributed by atoms with Crippen LogP contribution in [0.15, 0.2) is 87.1 Å². The maximum absolute atomic E-state index is 12.8. The number of oxazole rings is 1. The maximum Gasteiger partial charge on any atom is 0.416 e. The Bertz CT molecular complexity index is 1100. The van der Waals surface area contributed by atoms with Gasteiger partial charge in [0.15, 0.2) is 5.58 Å². The van der Waals surface area contributed by atoms with Gasteiger partial charge >= 0.3 is 6.18 Å². The molecule has 3 rings (SSSR count). The van der Waals surface area contributed by atoms with Crippen LogP contribution in [0.25, 0.3) is 16.7 Å². The number of aliphatic imine (C=N–C) groups is 1. The molecule has 0 fully saturated rings. The number of rotatable bonds is 4. The first-order valence-electron chi connectivity index (χ1n) is 8.50. The van der Waals surface area contributed by atoms with E-state index in [-0.39, 0.29) is 11.4 Å². The van der Waals surface area contributed by atoms with Gasteiger partial charge in [0, 0.05) is 23.6 Å². The van der Waals surface area contributed by atoms with Crippen molar-refractivity contribution in [3.8, 4) is 0 Å². The summed E-state index contributed by atoms with van der Waals surface area (Å²) in [6.45, 7) is 3.68. The number of allylic oxidation sites excluding steroid dienone is 8. The molecule has 0 amide bonds. The van der Waals surface area contributed by atoms with Crippen LogP contribution < -0.4 is 0 Å². The second-order valence-electron chi connectivity index (χ2n) is 6.13. The molecule has 1 aliphatic carbocycles. The Morgan fingerprint density at radius 1 is 1.14 bits per heavy atom. The van der Waals surface area contributed by atoms with Crippen molar-refractivity contribution in [1.82, 2.24) is 4.98 Å². The van der Waals surface area contributed by atoms with E-state index in [0.717, 1.165) is 23.3 Å². The molecule has 1 aromatic carbocycles. The van der Waals surface area contributed by atoms with Gasteiger partial charge in [0.25, 0.3) is 0 Å². The Morgan fingerprint density at radius 3 is 2.75 bits per heavy atom. The molecule has 0 saturated heterocycles. The summed E-state index contributed by atoms with van der Waals surface area (Å²) in [6, 6.07) is 3.23. The first kappa shape index (κ1) is 19.4. The smallest absolute Gasteiger partial charge is 0.416 e. The molecule has 0 bridgehead atoms. The maximum atomic E-state index is 12.8. The Hall–Kier alpha value is -3.37. The summed E-state index contributed by atoms with van der Waals surface area (Å²) in [4.78, 5) is 8.37. The van der Waals surface area contributed by atoms with Crippen LogP contribution in [0.2, 0.25) is 0 Å². The molecule has 1 aliphatic rings. The van der Waals surface area contributed by atoms with E-state index in [1.54, 1.807) is 25.4 Å². The molecule has 28 heavy (non-hydrogen) atoms. The third kappa shape index (κ3) is 4.67. The second kappa shape index (κ2) is 8.11. The van der Waals surface area contributed by atoms with E-state index in [4.69, 9.17) is 4.42 Å². The van der Waals surface area contributed by atoms with E-state index in [2.05, 4.69) is 15.7 Å². The molecule has 0 radical (unpaired) electrons. The van der Waals surface area contributed by atoms with Crippen LogP contribution in [0.3, 0.4) is 0 Å². The van der Waals surface area contributed by atoms with Crippen molar-refractivity contribution in [3.63, 3.8) is 0 Å². The standard InChI is InChI=1S/C22H17F3N2O/c1-15(11-12-26-14-16(2)17-7-5-3-4-6-8-17)21-27-19-13-18(22(23,24)25)9-10-20(19)28-21/h3-7,9-14H,1-2H3/b15-11+,16-14+,26-12-. The van der Waals surface area contributed by atoms with Crippen molar-refractivity contribution in [2.45, 2.75) is 20.0 Å². The van der Waals surface area contributed by atoms with Crippen molar-refractivity contribution >= 4 is 22.9 Å². The van der Waals surface area contributed by atoms with Crippen LogP contribution in [0.4, 0.5) is 13.2 Å². The van der Waals surface area contributed by atoms with Crippen LogP contribution in [0, 0.1) is 0 Å². The fraction of sp³-hybridized carbons (Fsp3) is 0.136. The molecule has 2 aromatic rings. The molecule has 6 heteroatoms. The molecule has 0 unspecified atom stereocenters. The van der Waals surface area contributed by atoms with Gasteiger partial charge in [-0.1, -0.05) is 18.2 Å². The minimum atomic E-state index is -4.41. The topological polar surface area (TPSA) is 38.4 Å². The van der Waals surface area contributed by atoms with Crippen LogP contribution in [0.5, 0.6) is 0 Å². The number of fused-ring (bicyclic) bond motifs is 1. The fourth-order valence-electron chi connectivity index (χ4n) is 2.43. The summed E-state index contributed by atoms with van der Waals surface area (Å²) < 4.78 is 43.9. The van der Waals surface area contributed by atoms with Crippen molar-refractivity contribution in [3.05, 3.63) is 89.2 Å². The van der Waals surface area contributed by atoms with Gasteiger partial charge in [-0.3, -0.25) is 4.99 Å². The van der Waals surface area contributed by atoms with E-state index >= 15 is 0 Å². The van der Waals surface area contributed by atoms with Crippen molar-refractivity contribution in [2.75, 3.05) is 0 Å². The van der Waals surface area contributed by atoms with Crippen molar-refractivity contribution in [2.24, 2.45) is 4.99 Å². The first-order valence-corrected chi connectivity index (χ1v) is 8.50. The largest absolute Gasteiger partial charge is 0.436 e. The summed E-state index contributed by atoms with van der Waals surface area (Å²) in [6.07, 6.45) is 10.1. The van der Waals surface area contributed by atoms with E-state index in [9.17, 15) is 13.2 Å². The molecule has 142 valence electrons. The van der Waals surface area contributed by atoms with E-state index in [1.807, 2.05) is 37.3 Å². The van der Waals surface area contributed by atoms with Gasteiger partial charge in [0.2, 0.25) is 5.89 Å². The normalized spacial score (nSPS) is 15.5.